The molecule has 0 bridgehead atoms. The van der Waals surface area contributed by atoms with Crippen molar-refractivity contribution in [1.29, 1.82) is 0 Å². The van der Waals surface area contributed by atoms with Crippen LogP contribution in [0, 0.1) is 0 Å². The van der Waals surface area contributed by atoms with Crippen molar-refractivity contribution in [2.45, 2.75) is 19.8 Å². The first kappa shape index (κ1) is 25.2. The molecule has 1 aromatic heterocycles. The van der Waals surface area contributed by atoms with Gasteiger partial charge in [-0.3, -0.25) is 9.59 Å². The average molecular weight is 518 g/mol. The van der Waals surface area contributed by atoms with E-state index in [1.165, 1.54) is 11.3 Å². The third-order valence-electron chi connectivity index (χ3n) is 5.49. The topological polar surface area (TPSA) is 108 Å². The van der Waals surface area contributed by atoms with Crippen LogP contribution in [0.15, 0.2) is 83.2 Å². The first-order chi connectivity index (χ1) is 17.4. The number of benzene rings is 3. The molecule has 4 aromatic rings. The second kappa shape index (κ2) is 11.2. The summed E-state index contributed by atoms with van der Waals surface area (Å²) in [7, 11) is 0. The van der Waals surface area contributed by atoms with Crippen molar-refractivity contribution < 1.29 is 14.3 Å². The summed E-state index contributed by atoms with van der Waals surface area (Å²) < 4.78 is 5.94. The number of carbonyl (C=O) groups excluding carboxylic acids is 2. The van der Waals surface area contributed by atoms with Crippen molar-refractivity contribution in [3.8, 4) is 33.1 Å². The molecule has 4 N–H and O–H groups in total. The standard InChI is InChI=1S/C28H24ClN3O3S/c1-2-25(33)17-7-11-19(12-8-17)35-20-13-9-18(10-14-20)27-22(15-26(34)32-28(30)31)23(16-36-27)21-5-3-4-6-24(21)29/h3-14,16H,2,15H2,1H3,(H4,30,31,32,34). The van der Waals surface area contributed by atoms with Crippen LogP contribution in [0.4, 0.5) is 0 Å². The van der Waals surface area contributed by atoms with Gasteiger partial charge in [-0.05, 0) is 76.7 Å². The molecule has 36 heavy (non-hydrogen) atoms. The molecule has 182 valence electrons. The maximum atomic E-state index is 12.5. The lowest BCUT2D eigenvalue weighted by Crippen LogP contribution is -2.24. The van der Waals surface area contributed by atoms with Gasteiger partial charge in [0, 0.05) is 27.4 Å². The lowest BCUT2D eigenvalue weighted by atomic mass is 9.97. The van der Waals surface area contributed by atoms with E-state index in [0.29, 0.717) is 28.5 Å². The van der Waals surface area contributed by atoms with Crippen LogP contribution >= 0.6 is 22.9 Å². The zero-order valence-corrected chi connectivity index (χ0v) is 21.1. The number of nitrogens with zero attached hydrogens (tertiary/aromatic N) is 1. The largest absolute Gasteiger partial charge is 0.457 e. The molecule has 1 heterocycles. The van der Waals surface area contributed by atoms with Gasteiger partial charge in [-0.2, -0.15) is 4.99 Å². The van der Waals surface area contributed by atoms with E-state index < -0.39 is 5.91 Å². The van der Waals surface area contributed by atoms with E-state index in [1.807, 2.05) is 60.8 Å². The number of halogens is 1. The van der Waals surface area contributed by atoms with E-state index in [1.54, 1.807) is 24.3 Å². The molecule has 0 fully saturated rings. The Morgan fingerprint density at radius 1 is 0.917 bits per heavy atom. The van der Waals surface area contributed by atoms with Crippen LogP contribution in [-0.4, -0.2) is 17.6 Å². The number of hydrogen-bond donors (Lipinski definition) is 2. The van der Waals surface area contributed by atoms with Crippen molar-refractivity contribution in [1.82, 2.24) is 0 Å². The molecule has 3 aromatic carbocycles. The van der Waals surface area contributed by atoms with Gasteiger partial charge in [0.1, 0.15) is 11.5 Å². The summed E-state index contributed by atoms with van der Waals surface area (Å²) in [5.74, 6) is 0.662. The predicted molar refractivity (Wildman–Crippen MR) is 146 cm³/mol. The highest BCUT2D eigenvalue weighted by Crippen LogP contribution is 2.41. The van der Waals surface area contributed by atoms with Crippen LogP contribution in [0.5, 0.6) is 11.5 Å². The van der Waals surface area contributed by atoms with E-state index in [9.17, 15) is 9.59 Å². The first-order valence-corrected chi connectivity index (χ1v) is 12.5. The zero-order chi connectivity index (χ0) is 25.7. The Kier molecular flexibility index (Phi) is 7.83. The number of hydrogen-bond acceptors (Lipinski definition) is 4. The van der Waals surface area contributed by atoms with Crippen LogP contribution in [0.1, 0.15) is 29.3 Å². The Morgan fingerprint density at radius 3 is 2.17 bits per heavy atom. The van der Waals surface area contributed by atoms with E-state index >= 15 is 0 Å². The van der Waals surface area contributed by atoms with Gasteiger partial charge in [0.2, 0.25) is 0 Å². The Labute approximate surface area is 218 Å². The molecule has 0 aliphatic rings. The lowest BCUT2D eigenvalue weighted by Gasteiger charge is -2.10. The van der Waals surface area contributed by atoms with Gasteiger partial charge in [-0.1, -0.05) is 36.7 Å². The summed E-state index contributed by atoms with van der Waals surface area (Å²) in [6.45, 7) is 1.83. The molecular weight excluding hydrogens is 494 g/mol. The van der Waals surface area contributed by atoms with E-state index in [2.05, 4.69) is 4.99 Å². The normalized spacial score (nSPS) is 10.6. The fourth-order valence-electron chi connectivity index (χ4n) is 3.76. The van der Waals surface area contributed by atoms with Crippen LogP contribution in [0.25, 0.3) is 21.6 Å². The van der Waals surface area contributed by atoms with Gasteiger partial charge in [0.15, 0.2) is 11.7 Å². The quantitative estimate of drug-likeness (QED) is 0.158. The fourth-order valence-corrected chi connectivity index (χ4v) is 5.10. The molecule has 0 aliphatic carbocycles. The van der Waals surface area contributed by atoms with E-state index in [0.717, 1.165) is 27.1 Å². The summed E-state index contributed by atoms with van der Waals surface area (Å²) in [5, 5.41) is 2.57. The van der Waals surface area contributed by atoms with Gasteiger partial charge in [-0.15, -0.1) is 11.3 Å². The molecule has 6 nitrogen and oxygen atoms in total. The molecule has 0 saturated heterocycles. The lowest BCUT2D eigenvalue weighted by molar-refractivity contribution is -0.117. The summed E-state index contributed by atoms with van der Waals surface area (Å²) in [4.78, 5) is 28.9. The number of thiophene rings is 1. The number of ether oxygens (including phenoxy) is 1. The monoisotopic (exact) mass is 517 g/mol. The molecule has 4 rings (SSSR count). The average Bonchev–Trinajstić information content (AvgIpc) is 3.27. The van der Waals surface area contributed by atoms with Crippen molar-refractivity contribution in [3.63, 3.8) is 0 Å². The third kappa shape index (κ3) is 5.82. The van der Waals surface area contributed by atoms with Crippen molar-refractivity contribution >= 4 is 40.6 Å². The highest BCUT2D eigenvalue weighted by atomic mass is 35.5. The van der Waals surface area contributed by atoms with E-state index in [4.69, 9.17) is 27.8 Å². The van der Waals surface area contributed by atoms with Crippen LogP contribution in [0.3, 0.4) is 0 Å². The molecule has 0 radical (unpaired) electrons. The van der Waals surface area contributed by atoms with Crippen LogP contribution < -0.4 is 16.2 Å². The van der Waals surface area contributed by atoms with Gasteiger partial charge in [0.25, 0.3) is 5.91 Å². The summed E-state index contributed by atoms with van der Waals surface area (Å²) in [6, 6.07) is 22.1. The van der Waals surface area contributed by atoms with Gasteiger partial charge in [-0.25, -0.2) is 0 Å². The van der Waals surface area contributed by atoms with Crippen LogP contribution in [0.2, 0.25) is 5.02 Å². The number of aliphatic imine (C=N–C) groups is 1. The fraction of sp³-hybridized carbons (Fsp3) is 0.107. The third-order valence-corrected chi connectivity index (χ3v) is 6.89. The molecule has 0 saturated carbocycles. The minimum Gasteiger partial charge on any atom is -0.457 e. The van der Waals surface area contributed by atoms with Gasteiger partial charge < -0.3 is 16.2 Å². The summed E-state index contributed by atoms with van der Waals surface area (Å²) >= 11 is 7.97. The second-order valence-corrected chi connectivity index (χ2v) is 9.26. The Morgan fingerprint density at radius 2 is 1.56 bits per heavy atom. The maximum absolute atomic E-state index is 12.5. The minimum atomic E-state index is -0.437. The molecular formula is C28H24ClN3O3S. The van der Waals surface area contributed by atoms with Crippen molar-refractivity contribution in [3.05, 3.63) is 94.3 Å². The molecule has 0 atom stereocenters. The number of carbonyl (C=O) groups is 2. The molecule has 0 unspecified atom stereocenters. The highest BCUT2D eigenvalue weighted by Gasteiger charge is 2.19. The predicted octanol–water partition coefficient (Wildman–Crippen LogP) is 6.46. The van der Waals surface area contributed by atoms with Gasteiger partial charge in [0.05, 0.1) is 6.42 Å². The van der Waals surface area contributed by atoms with Gasteiger partial charge >= 0.3 is 0 Å². The van der Waals surface area contributed by atoms with E-state index in [-0.39, 0.29) is 18.2 Å². The minimum absolute atomic E-state index is 0.0262. The Balaban J connectivity index is 1.63. The second-order valence-electron chi connectivity index (χ2n) is 7.97. The molecule has 1 amide bonds. The Bertz CT molecular complexity index is 1420. The summed E-state index contributed by atoms with van der Waals surface area (Å²) in [5.41, 5.74) is 14.9. The number of nitrogens with two attached hydrogens (primary N) is 2. The summed E-state index contributed by atoms with van der Waals surface area (Å²) in [6.07, 6.45) is 0.487. The SMILES string of the molecule is CCC(=O)c1ccc(Oc2ccc(-c3scc(-c4ccccc4Cl)c3CC(=O)N=C(N)N)cc2)cc1. The molecule has 0 aliphatic heterocycles. The zero-order valence-electron chi connectivity index (χ0n) is 19.5. The Hall–Kier alpha value is -3.94. The number of amides is 1. The smallest absolute Gasteiger partial charge is 0.253 e. The maximum Gasteiger partial charge on any atom is 0.253 e. The number of Topliss-reactive ketones (excluding diaryl/α,β-unsaturated/α-hetero) is 1. The first-order valence-electron chi connectivity index (χ1n) is 11.2. The molecule has 8 heteroatoms. The number of ketones is 1. The van der Waals surface area contributed by atoms with Crippen molar-refractivity contribution in [2.75, 3.05) is 0 Å². The highest BCUT2D eigenvalue weighted by molar-refractivity contribution is 7.14. The van der Waals surface area contributed by atoms with Crippen molar-refractivity contribution in [2.24, 2.45) is 16.5 Å². The number of rotatable bonds is 8. The number of guanidine groups is 1. The van der Waals surface area contributed by atoms with Crippen LogP contribution in [-0.2, 0) is 11.2 Å². The molecule has 0 spiro atoms.